The van der Waals surface area contributed by atoms with E-state index in [9.17, 15) is 4.79 Å². The van der Waals surface area contributed by atoms with E-state index in [1.807, 2.05) is 13.8 Å². The van der Waals surface area contributed by atoms with Crippen LogP contribution in [0.1, 0.15) is 50.3 Å². The molecule has 1 aromatic rings. The van der Waals surface area contributed by atoms with Gasteiger partial charge in [-0.15, -0.1) is 10.2 Å². The first-order valence-electron chi connectivity index (χ1n) is 6.28. The van der Waals surface area contributed by atoms with Crippen LogP contribution in [0.3, 0.4) is 0 Å². The average molecular weight is 235 g/mol. The van der Waals surface area contributed by atoms with Gasteiger partial charge in [-0.25, -0.2) is 0 Å². The standard InChI is InChI=1S/C12H17N3O2/c1-3-17-11(16)12(6-7-12)10-14-13-8(2)15(10)9-4-5-9/h9H,3-7H2,1-2H3. The summed E-state index contributed by atoms with van der Waals surface area (Å²) in [6.07, 6.45) is 4.03. The number of ether oxygens (including phenoxy) is 1. The lowest BCUT2D eigenvalue weighted by molar-refractivity contribution is -0.146. The highest BCUT2D eigenvalue weighted by molar-refractivity contribution is 5.85. The van der Waals surface area contributed by atoms with Gasteiger partial charge in [0.1, 0.15) is 11.2 Å². The van der Waals surface area contributed by atoms with Gasteiger partial charge < -0.3 is 9.30 Å². The molecule has 1 heterocycles. The van der Waals surface area contributed by atoms with E-state index >= 15 is 0 Å². The maximum atomic E-state index is 12.0. The van der Waals surface area contributed by atoms with E-state index in [0.29, 0.717) is 12.6 Å². The minimum atomic E-state index is -0.486. The lowest BCUT2D eigenvalue weighted by Crippen LogP contribution is -2.27. The number of esters is 1. The van der Waals surface area contributed by atoms with Crippen molar-refractivity contribution in [3.8, 4) is 0 Å². The van der Waals surface area contributed by atoms with Crippen molar-refractivity contribution in [3.63, 3.8) is 0 Å². The minimum Gasteiger partial charge on any atom is -0.465 e. The number of hydrogen-bond acceptors (Lipinski definition) is 4. The first-order chi connectivity index (χ1) is 8.19. The molecule has 0 N–H and O–H groups in total. The first kappa shape index (κ1) is 10.7. The molecule has 1 aromatic heterocycles. The van der Waals surface area contributed by atoms with Gasteiger partial charge >= 0.3 is 5.97 Å². The van der Waals surface area contributed by atoms with Crippen LogP contribution in [0.25, 0.3) is 0 Å². The molecular formula is C12H17N3O2. The molecule has 3 rings (SSSR count). The van der Waals surface area contributed by atoms with Crippen molar-refractivity contribution in [2.24, 2.45) is 0 Å². The second-order valence-corrected chi connectivity index (χ2v) is 4.97. The summed E-state index contributed by atoms with van der Waals surface area (Å²) in [5, 5.41) is 8.36. The van der Waals surface area contributed by atoms with Gasteiger partial charge in [-0.2, -0.15) is 0 Å². The van der Waals surface area contributed by atoms with Crippen molar-refractivity contribution in [3.05, 3.63) is 11.6 Å². The highest BCUT2D eigenvalue weighted by atomic mass is 16.5. The normalized spacial score (nSPS) is 21.3. The zero-order valence-electron chi connectivity index (χ0n) is 10.3. The van der Waals surface area contributed by atoms with Crippen LogP contribution in [0, 0.1) is 6.92 Å². The van der Waals surface area contributed by atoms with Crippen LogP contribution in [0.2, 0.25) is 0 Å². The van der Waals surface area contributed by atoms with Crippen LogP contribution in [0.4, 0.5) is 0 Å². The zero-order valence-corrected chi connectivity index (χ0v) is 10.3. The Morgan fingerprint density at radius 3 is 2.71 bits per heavy atom. The predicted octanol–water partition coefficient (Wildman–Crippen LogP) is 1.52. The number of carbonyl (C=O) groups is 1. The molecule has 2 fully saturated rings. The Morgan fingerprint density at radius 2 is 2.18 bits per heavy atom. The fourth-order valence-electron chi connectivity index (χ4n) is 2.38. The number of carbonyl (C=O) groups excluding carboxylic acids is 1. The van der Waals surface area contributed by atoms with Crippen molar-refractivity contribution in [2.75, 3.05) is 6.61 Å². The molecule has 0 aromatic carbocycles. The molecule has 0 atom stereocenters. The van der Waals surface area contributed by atoms with Gasteiger partial charge in [-0.1, -0.05) is 0 Å². The summed E-state index contributed by atoms with van der Waals surface area (Å²) in [7, 11) is 0. The Kier molecular flexibility index (Phi) is 2.24. The zero-order chi connectivity index (χ0) is 12.0. The van der Waals surface area contributed by atoms with Crippen LogP contribution in [-0.4, -0.2) is 27.3 Å². The predicted molar refractivity (Wildman–Crippen MR) is 60.6 cm³/mol. The summed E-state index contributed by atoms with van der Waals surface area (Å²) >= 11 is 0. The minimum absolute atomic E-state index is 0.130. The third-order valence-electron chi connectivity index (χ3n) is 3.62. The van der Waals surface area contributed by atoms with Gasteiger partial charge in [-0.3, -0.25) is 4.79 Å². The Balaban J connectivity index is 1.96. The molecule has 0 bridgehead atoms. The molecule has 0 amide bonds. The van der Waals surface area contributed by atoms with Gasteiger partial charge in [0.25, 0.3) is 0 Å². The van der Waals surface area contributed by atoms with E-state index in [0.717, 1.165) is 24.5 Å². The largest absolute Gasteiger partial charge is 0.465 e. The highest BCUT2D eigenvalue weighted by Gasteiger charge is 2.57. The Bertz CT molecular complexity index is 458. The summed E-state index contributed by atoms with van der Waals surface area (Å²) in [5.74, 6) is 1.61. The van der Waals surface area contributed by atoms with Crippen molar-refractivity contribution < 1.29 is 9.53 Å². The van der Waals surface area contributed by atoms with E-state index in [1.165, 1.54) is 12.8 Å². The van der Waals surface area contributed by atoms with Crippen LogP contribution in [-0.2, 0) is 14.9 Å². The highest BCUT2D eigenvalue weighted by Crippen LogP contribution is 2.51. The number of rotatable bonds is 4. The van der Waals surface area contributed by atoms with Gasteiger partial charge in [0.2, 0.25) is 0 Å². The monoisotopic (exact) mass is 235 g/mol. The van der Waals surface area contributed by atoms with E-state index in [1.54, 1.807) is 0 Å². The second kappa shape index (κ2) is 3.55. The smallest absolute Gasteiger partial charge is 0.319 e. The summed E-state index contributed by atoms with van der Waals surface area (Å²) < 4.78 is 7.31. The topological polar surface area (TPSA) is 57.0 Å². The van der Waals surface area contributed by atoms with Crippen LogP contribution in [0.5, 0.6) is 0 Å². The number of aromatic nitrogens is 3. The van der Waals surface area contributed by atoms with Crippen molar-refractivity contribution in [1.29, 1.82) is 0 Å². The Hall–Kier alpha value is -1.39. The molecule has 5 heteroatoms. The fraction of sp³-hybridized carbons (Fsp3) is 0.750. The molecule has 2 aliphatic carbocycles. The Labute approximate surface area is 100 Å². The second-order valence-electron chi connectivity index (χ2n) is 4.97. The molecule has 17 heavy (non-hydrogen) atoms. The van der Waals surface area contributed by atoms with Crippen molar-refractivity contribution >= 4 is 5.97 Å². The van der Waals surface area contributed by atoms with Gasteiger partial charge in [-0.05, 0) is 39.5 Å². The summed E-state index contributed by atoms with van der Waals surface area (Å²) in [4.78, 5) is 12.0. The maximum absolute atomic E-state index is 12.0. The van der Waals surface area contributed by atoms with Gasteiger partial charge in [0.15, 0.2) is 5.82 Å². The van der Waals surface area contributed by atoms with E-state index < -0.39 is 5.41 Å². The van der Waals surface area contributed by atoms with Gasteiger partial charge in [0, 0.05) is 6.04 Å². The molecule has 92 valence electrons. The van der Waals surface area contributed by atoms with Crippen LogP contribution >= 0.6 is 0 Å². The first-order valence-corrected chi connectivity index (χ1v) is 6.28. The van der Waals surface area contributed by atoms with E-state index in [2.05, 4.69) is 14.8 Å². The molecule has 2 saturated carbocycles. The summed E-state index contributed by atoms with van der Waals surface area (Å²) in [5.41, 5.74) is -0.486. The quantitative estimate of drug-likeness (QED) is 0.742. The van der Waals surface area contributed by atoms with Gasteiger partial charge in [0.05, 0.1) is 6.61 Å². The number of aryl methyl sites for hydroxylation is 1. The average Bonchev–Trinajstić information content (AvgIpc) is 3.20. The molecule has 0 radical (unpaired) electrons. The fourth-order valence-corrected chi connectivity index (χ4v) is 2.38. The summed E-state index contributed by atoms with van der Waals surface area (Å²) in [6, 6.07) is 0.506. The molecule has 5 nitrogen and oxygen atoms in total. The lowest BCUT2D eigenvalue weighted by atomic mass is 10.1. The molecule has 0 aliphatic heterocycles. The van der Waals surface area contributed by atoms with Crippen LogP contribution in [0.15, 0.2) is 0 Å². The third kappa shape index (κ3) is 1.56. The van der Waals surface area contributed by atoms with E-state index in [4.69, 9.17) is 4.74 Å². The molecule has 0 saturated heterocycles. The lowest BCUT2D eigenvalue weighted by Gasteiger charge is -2.15. The third-order valence-corrected chi connectivity index (χ3v) is 3.62. The number of nitrogens with zero attached hydrogens (tertiary/aromatic N) is 3. The molecule has 2 aliphatic rings. The SMILES string of the molecule is CCOC(=O)C1(c2nnc(C)n2C2CC2)CC1. The van der Waals surface area contributed by atoms with Crippen molar-refractivity contribution in [2.45, 2.75) is 51.0 Å². The summed E-state index contributed by atoms with van der Waals surface area (Å²) in [6.45, 7) is 4.22. The Morgan fingerprint density at radius 1 is 1.47 bits per heavy atom. The van der Waals surface area contributed by atoms with Crippen molar-refractivity contribution in [1.82, 2.24) is 14.8 Å². The molecular weight excluding hydrogens is 218 g/mol. The molecule has 0 unspecified atom stereocenters. The van der Waals surface area contributed by atoms with Crippen LogP contribution < -0.4 is 0 Å². The maximum Gasteiger partial charge on any atom is 0.319 e. The van der Waals surface area contributed by atoms with E-state index in [-0.39, 0.29) is 5.97 Å². The molecule has 0 spiro atoms. The number of hydrogen-bond donors (Lipinski definition) is 0.